The van der Waals surface area contributed by atoms with Crippen molar-refractivity contribution in [3.8, 4) is 34.4 Å². The van der Waals surface area contributed by atoms with Crippen molar-refractivity contribution in [1.82, 2.24) is 24.3 Å². The second-order valence-electron chi connectivity index (χ2n) is 14.5. The first kappa shape index (κ1) is 42.6. The minimum atomic E-state index is 0.533. The molecule has 0 bridgehead atoms. The molecule has 0 radical (unpaired) electrons. The van der Waals surface area contributed by atoms with Gasteiger partial charge in [0.1, 0.15) is 35.2 Å². The number of aryl methyl sites for hydroxylation is 1. The highest BCUT2D eigenvalue weighted by Crippen LogP contribution is 2.39. The number of rotatable bonds is 26. The van der Waals surface area contributed by atoms with Crippen LogP contribution >= 0.6 is 11.6 Å². The number of benzene rings is 3. The van der Waals surface area contributed by atoms with Crippen LogP contribution in [-0.2, 0) is 13.0 Å². The Kier molecular flexibility index (Phi) is 17.8. The fraction of sp³-hybridized carbons (Fsp3) is 0.578. The first-order valence-corrected chi connectivity index (χ1v) is 21.4. The lowest BCUT2D eigenvalue weighted by molar-refractivity contribution is 0.234. The number of unbranched alkanes of at least 4 members (excludes halogenated alkanes) is 1. The largest absolute Gasteiger partial charge is 0.493 e. The van der Waals surface area contributed by atoms with E-state index in [0.717, 1.165) is 154 Å². The van der Waals surface area contributed by atoms with Gasteiger partial charge in [0.25, 0.3) is 0 Å². The van der Waals surface area contributed by atoms with Crippen LogP contribution in [0.2, 0.25) is 5.02 Å². The Balaban J connectivity index is 1.47. The summed E-state index contributed by atoms with van der Waals surface area (Å²) in [7, 11) is 0. The number of ether oxygens (including phenoxy) is 4. The van der Waals surface area contributed by atoms with Gasteiger partial charge < -0.3 is 33.3 Å². The molecule has 1 aliphatic rings. The van der Waals surface area contributed by atoms with E-state index in [-0.39, 0.29) is 0 Å². The SMILES string of the molecule is CCCCn1c(-c2ccc(OCCc3cccc(Cl)c3)cc2OCCCN(CC)CC)nc2c(OCCCN(CC)CC)cc(OCCN3CCCC3)cc21. The fourth-order valence-corrected chi connectivity index (χ4v) is 7.52. The molecule has 1 fully saturated rings. The third kappa shape index (κ3) is 12.8. The Labute approximate surface area is 335 Å². The van der Waals surface area contributed by atoms with E-state index >= 15 is 0 Å². The van der Waals surface area contributed by atoms with E-state index in [2.05, 4.69) is 72.1 Å². The molecule has 2 heterocycles. The summed E-state index contributed by atoms with van der Waals surface area (Å²) in [4.78, 5) is 12.7. The molecule has 0 amide bonds. The number of hydrogen-bond donors (Lipinski definition) is 0. The van der Waals surface area contributed by atoms with Crippen molar-refractivity contribution in [2.75, 3.05) is 85.3 Å². The number of likely N-dealkylation sites (tertiary alicyclic amines) is 1. The highest BCUT2D eigenvalue weighted by molar-refractivity contribution is 6.30. The number of imidazole rings is 1. The summed E-state index contributed by atoms with van der Waals surface area (Å²) in [5.41, 5.74) is 3.97. The van der Waals surface area contributed by atoms with Crippen LogP contribution in [0.15, 0.2) is 54.6 Å². The quantitative estimate of drug-likeness (QED) is 0.0585. The molecule has 10 heteroatoms. The normalized spacial score (nSPS) is 13.4. The molecule has 9 nitrogen and oxygen atoms in total. The van der Waals surface area contributed by atoms with Crippen molar-refractivity contribution < 1.29 is 18.9 Å². The average molecular weight is 777 g/mol. The standard InChI is InChI=1S/C45H66ClN5O4/c1-6-11-26-51-41-33-39(53-31-27-50-22-12-13-23-50)35-43(55-29-16-25-49(9-4)10-5)44(41)47-45(51)40-20-19-38(52-30-21-36-17-14-18-37(46)32-36)34-42(40)54-28-15-24-48(7-2)8-3/h14,17-20,32-35H,6-13,15-16,21-31H2,1-5H3. The van der Waals surface area contributed by atoms with Crippen LogP contribution < -0.4 is 18.9 Å². The zero-order chi connectivity index (χ0) is 38.8. The molecular formula is C45H66ClN5O4. The Morgan fingerprint density at radius 2 is 1.35 bits per heavy atom. The van der Waals surface area contributed by atoms with Gasteiger partial charge in [0.2, 0.25) is 0 Å². The molecule has 0 unspecified atom stereocenters. The topological polar surface area (TPSA) is 64.5 Å². The van der Waals surface area contributed by atoms with Gasteiger partial charge in [-0.1, -0.05) is 64.8 Å². The summed E-state index contributed by atoms with van der Waals surface area (Å²) >= 11 is 6.24. The molecule has 1 saturated heterocycles. The highest BCUT2D eigenvalue weighted by Gasteiger charge is 2.22. The number of nitrogens with zero attached hydrogens (tertiary/aromatic N) is 5. The van der Waals surface area contributed by atoms with E-state index in [1.54, 1.807) is 0 Å². The summed E-state index contributed by atoms with van der Waals surface area (Å²) < 4.78 is 28.4. The Hall–Kier alpha value is -3.50. The van der Waals surface area contributed by atoms with Crippen LogP contribution in [0.5, 0.6) is 23.0 Å². The van der Waals surface area contributed by atoms with E-state index < -0.39 is 0 Å². The monoisotopic (exact) mass is 775 g/mol. The summed E-state index contributed by atoms with van der Waals surface area (Å²) in [6.07, 6.45) is 7.25. The van der Waals surface area contributed by atoms with Gasteiger partial charge in [-0.25, -0.2) is 4.98 Å². The Bertz CT molecular complexity index is 1720. The molecule has 5 rings (SSSR count). The van der Waals surface area contributed by atoms with Crippen LogP contribution in [-0.4, -0.2) is 110 Å². The summed E-state index contributed by atoms with van der Waals surface area (Å²) in [6, 6.07) is 18.3. The van der Waals surface area contributed by atoms with Crippen molar-refractivity contribution in [2.45, 2.75) is 86.1 Å². The number of fused-ring (bicyclic) bond motifs is 1. The van der Waals surface area contributed by atoms with Crippen molar-refractivity contribution in [2.24, 2.45) is 0 Å². The summed E-state index contributed by atoms with van der Waals surface area (Å²) in [5, 5.41) is 0.738. The van der Waals surface area contributed by atoms with Crippen LogP contribution in [0.1, 0.15) is 78.7 Å². The third-order valence-electron chi connectivity index (χ3n) is 10.7. The minimum absolute atomic E-state index is 0.533. The van der Waals surface area contributed by atoms with Gasteiger partial charge >= 0.3 is 0 Å². The first-order valence-electron chi connectivity index (χ1n) is 21.1. The van der Waals surface area contributed by atoms with Gasteiger partial charge in [-0.15, -0.1) is 0 Å². The lowest BCUT2D eigenvalue weighted by Crippen LogP contribution is -2.25. The molecule has 1 aromatic heterocycles. The van der Waals surface area contributed by atoms with Gasteiger partial charge in [-0.2, -0.15) is 0 Å². The second-order valence-corrected chi connectivity index (χ2v) is 14.9. The van der Waals surface area contributed by atoms with Crippen LogP contribution in [0.3, 0.4) is 0 Å². The van der Waals surface area contributed by atoms with Gasteiger partial charge in [-0.3, -0.25) is 4.90 Å². The molecule has 0 atom stereocenters. The van der Waals surface area contributed by atoms with Crippen molar-refractivity contribution >= 4 is 22.6 Å². The number of hydrogen-bond acceptors (Lipinski definition) is 8. The molecule has 55 heavy (non-hydrogen) atoms. The average Bonchev–Trinajstić information content (AvgIpc) is 3.85. The lowest BCUT2D eigenvalue weighted by Gasteiger charge is -2.19. The molecule has 1 aliphatic heterocycles. The van der Waals surface area contributed by atoms with Gasteiger partial charge in [0.15, 0.2) is 5.75 Å². The zero-order valence-corrected chi connectivity index (χ0v) is 35.0. The van der Waals surface area contributed by atoms with Gasteiger partial charge in [0, 0.05) is 55.8 Å². The van der Waals surface area contributed by atoms with E-state index in [1.165, 1.54) is 12.8 Å². The van der Waals surface area contributed by atoms with E-state index in [0.29, 0.717) is 26.4 Å². The molecule has 0 saturated carbocycles. The molecule has 4 aromatic rings. The first-order chi connectivity index (χ1) is 27.0. The minimum Gasteiger partial charge on any atom is -0.493 e. The molecule has 0 N–H and O–H groups in total. The van der Waals surface area contributed by atoms with Crippen molar-refractivity contribution in [3.05, 3.63) is 65.2 Å². The van der Waals surface area contributed by atoms with Crippen LogP contribution in [0.4, 0.5) is 0 Å². The Morgan fingerprint density at radius 1 is 0.673 bits per heavy atom. The van der Waals surface area contributed by atoms with Crippen molar-refractivity contribution in [1.29, 1.82) is 0 Å². The fourth-order valence-electron chi connectivity index (χ4n) is 7.30. The molecule has 3 aromatic carbocycles. The van der Waals surface area contributed by atoms with Gasteiger partial charge in [-0.05, 0) is 101 Å². The molecule has 0 aliphatic carbocycles. The predicted molar refractivity (Wildman–Crippen MR) is 228 cm³/mol. The van der Waals surface area contributed by atoms with E-state index in [4.69, 9.17) is 35.5 Å². The van der Waals surface area contributed by atoms with E-state index in [1.807, 2.05) is 36.4 Å². The smallest absolute Gasteiger partial charge is 0.150 e. The summed E-state index contributed by atoms with van der Waals surface area (Å²) in [5.74, 6) is 4.01. The van der Waals surface area contributed by atoms with Gasteiger partial charge in [0.05, 0.1) is 30.9 Å². The zero-order valence-electron chi connectivity index (χ0n) is 34.3. The lowest BCUT2D eigenvalue weighted by atomic mass is 10.1. The number of halogens is 1. The van der Waals surface area contributed by atoms with E-state index in [9.17, 15) is 0 Å². The molecule has 302 valence electrons. The summed E-state index contributed by atoms with van der Waals surface area (Å²) in [6.45, 7) is 23.7. The Morgan fingerprint density at radius 3 is 2.02 bits per heavy atom. The molecule has 0 spiro atoms. The maximum atomic E-state index is 6.64. The number of aromatic nitrogens is 2. The predicted octanol–water partition coefficient (Wildman–Crippen LogP) is 9.47. The second kappa shape index (κ2) is 22.9. The van der Waals surface area contributed by atoms with Crippen LogP contribution in [0.25, 0.3) is 22.4 Å². The maximum absolute atomic E-state index is 6.64. The maximum Gasteiger partial charge on any atom is 0.150 e. The highest BCUT2D eigenvalue weighted by atomic mass is 35.5. The molecular weight excluding hydrogens is 710 g/mol. The van der Waals surface area contributed by atoms with Crippen molar-refractivity contribution in [3.63, 3.8) is 0 Å². The van der Waals surface area contributed by atoms with Crippen LogP contribution in [0, 0.1) is 0 Å². The third-order valence-corrected chi connectivity index (χ3v) is 10.9.